The van der Waals surface area contributed by atoms with Crippen molar-refractivity contribution in [2.24, 2.45) is 0 Å². The van der Waals surface area contributed by atoms with Crippen molar-refractivity contribution >= 4 is 42.6 Å². The number of rotatable bonds is 6. The topological polar surface area (TPSA) is 64.7 Å². The summed E-state index contributed by atoms with van der Waals surface area (Å²) in [5, 5.41) is 2.26. The SMILES string of the molecule is c1ccc(-c2cccc(-c3nc(-c4ccccc4)nc(-c4cccc5c4sc4c(-c6nc7ccccc7o6)c(-c6ccccc6)ccc45)n3)c2)cc1. The predicted molar refractivity (Wildman–Crippen MR) is 213 cm³/mol. The zero-order valence-corrected chi connectivity index (χ0v) is 28.6. The summed E-state index contributed by atoms with van der Waals surface area (Å²) >= 11 is 1.73. The van der Waals surface area contributed by atoms with Crippen LogP contribution in [0.5, 0.6) is 0 Å². The highest BCUT2D eigenvalue weighted by Crippen LogP contribution is 2.47. The number of aromatic nitrogens is 4. The van der Waals surface area contributed by atoms with E-state index in [4.69, 9.17) is 24.4 Å². The number of hydrogen-bond donors (Lipinski definition) is 0. The smallest absolute Gasteiger partial charge is 0.229 e. The van der Waals surface area contributed by atoms with E-state index in [0.717, 1.165) is 75.8 Å². The molecule has 0 fully saturated rings. The Labute approximate surface area is 303 Å². The molecule has 0 bridgehead atoms. The van der Waals surface area contributed by atoms with Crippen molar-refractivity contribution in [3.8, 4) is 67.9 Å². The van der Waals surface area contributed by atoms with Gasteiger partial charge in [-0.3, -0.25) is 0 Å². The van der Waals surface area contributed by atoms with E-state index in [2.05, 4.69) is 103 Å². The van der Waals surface area contributed by atoms with Crippen LogP contribution in [-0.2, 0) is 0 Å². The second kappa shape index (κ2) is 12.5. The molecule has 0 radical (unpaired) electrons. The Morgan fingerprint density at radius 1 is 0.385 bits per heavy atom. The average Bonchev–Trinajstić information content (AvgIpc) is 3.83. The zero-order valence-electron chi connectivity index (χ0n) is 27.8. The third-order valence-corrected chi connectivity index (χ3v) is 10.7. The van der Waals surface area contributed by atoms with Crippen LogP contribution in [-0.4, -0.2) is 19.9 Å². The molecule has 10 aromatic rings. The van der Waals surface area contributed by atoms with Gasteiger partial charge in [0.1, 0.15) is 5.52 Å². The molecule has 0 amide bonds. The highest BCUT2D eigenvalue weighted by Gasteiger charge is 2.23. The number of oxazole rings is 1. The molecule has 0 spiro atoms. The molecular weight excluding hydrogens is 657 g/mol. The number of para-hydroxylation sites is 2. The Balaban J connectivity index is 1.21. The highest BCUT2D eigenvalue weighted by molar-refractivity contribution is 7.27. The molecule has 5 nitrogen and oxygen atoms in total. The third kappa shape index (κ3) is 5.25. The lowest BCUT2D eigenvalue weighted by atomic mass is 9.97. The van der Waals surface area contributed by atoms with Gasteiger partial charge in [-0.1, -0.05) is 146 Å². The quantitative estimate of drug-likeness (QED) is 0.174. The largest absolute Gasteiger partial charge is 0.436 e. The van der Waals surface area contributed by atoms with E-state index >= 15 is 0 Å². The van der Waals surface area contributed by atoms with Crippen molar-refractivity contribution in [1.82, 2.24) is 19.9 Å². The van der Waals surface area contributed by atoms with Crippen LogP contribution in [0.2, 0.25) is 0 Å². The Morgan fingerprint density at radius 2 is 0.981 bits per heavy atom. The lowest BCUT2D eigenvalue weighted by Gasteiger charge is -2.10. The Bertz CT molecular complexity index is 2870. The first-order valence-electron chi connectivity index (χ1n) is 17.1. The van der Waals surface area contributed by atoms with Gasteiger partial charge in [0.25, 0.3) is 0 Å². The summed E-state index contributed by atoms with van der Waals surface area (Å²) in [6.45, 7) is 0. The molecule has 0 aliphatic heterocycles. The van der Waals surface area contributed by atoms with Gasteiger partial charge in [0.2, 0.25) is 5.89 Å². The Hall–Kier alpha value is -6.76. The summed E-state index contributed by atoms with van der Waals surface area (Å²) in [5.41, 5.74) is 9.80. The van der Waals surface area contributed by atoms with E-state index < -0.39 is 0 Å². The normalized spacial score (nSPS) is 11.5. The van der Waals surface area contributed by atoms with Gasteiger partial charge in [0, 0.05) is 36.9 Å². The first-order chi connectivity index (χ1) is 25.8. The molecule has 0 N–H and O–H groups in total. The van der Waals surface area contributed by atoms with E-state index in [9.17, 15) is 0 Å². The van der Waals surface area contributed by atoms with Crippen LogP contribution in [0.4, 0.5) is 0 Å². The molecule has 0 saturated heterocycles. The number of hydrogen-bond acceptors (Lipinski definition) is 6. The van der Waals surface area contributed by atoms with Gasteiger partial charge in [-0.2, -0.15) is 0 Å². The van der Waals surface area contributed by atoms with Gasteiger partial charge < -0.3 is 4.42 Å². The first-order valence-corrected chi connectivity index (χ1v) is 18.0. The maximum absolute atomic E-state index is 6.47. The summed E-state index contributed by atoms with van der Waals surface area (Å²) < 4.78 is 8.66. The van der Waals surface area contributed by atoms with Crippen LogP contribution in [0.3, 0.4) is 0 Å². The molecule has 0 saturated carbocycles. The van der Waals surface area contributed by atoms with Crippen molar-refractivity contribution in [2.75, 3.05) is 0 Å². The predicted octanol–water partition coefficient (Wildman–Crippen LogP) is 12.4. The molecule has 6 heteroatoms. The second-order valence-corrected chi connectivity index (χ2v) is 13.6. The van der Waals surface area contributed by atoms with Gasteiger partial charge in [0.05, 0.1) is 5.56 Å². The van der Waals surface area contributed by atoms with Crippen LogP contribution in [0, 0.1) is 0 Å². The number of fused-ring (bicyclic) bond motifs is 4. The number of benzene rings is 7. The summed E-state index contributed by atoms with van der Waals surface area (Å²) in [7, 11) is 0. The fraction of sp³-hybridized carbons (Fsp3) is 0. The van der Waals surface area contributed by atoms with Crippen LogP contribution in [0.25, 0.3) is 99.1 Å². The van der Waals surface area contributed by atoms with Crippen LogP contribution >= 0.6 is 11.3 Å². The fourth-order valence-electron chi connectivity index (χ4n) is 6.90. The van der Waals surface area contributed by atoms with Crippen molar-refractivity contribution < 1.29 is 4.42 Å². The maximum Gasteiger partial charge on any atom is 0.229 e. The summed E-state index contributed by atoms with van der Waals surface area (Å²) in [4.78, 5) is 20.3. The molecule has 3 aromatic heterocycles. The molecule has 0 atom stereocenters. The Kier molecular flexibility index (Phi) is 7.25. The third-order valence-electron chi connectivity index (χ3n) is 9.40. The van der Waals surface area contributed by atoms with Crippen LogP contribution in [0.15, 0.2) is 174 Å². The van der Waals surface area contributed by atoms with Crippen LogP contribution < -0.4 is 0 Å². The lowest BCUT2D eigenvalue weighted by molar-refractivity contribution is 0.621. The van der Waals surface area contributed by atoms with Crippen molar-refractivity contribution in [3.05, 3.63) is 170 Å². The minimum absolute atomic E-state index is 0.603. The molecule has 52 heavy (non-hydrogen) atoms. The summed E-state index contributed by atoms with van der Waals surface area (Å²) in [6.07, 6.45) is 0. The molecule has 0 aliphatic rings. The van der Waals surface area contributed by atoms with E-state index in [-0.39, 0.29) is 0 Å². The molecule has 7 aromatic carbocycles. The average molecular weight is 685 g/mol. The minimum atomic E-state index is 0.603. The summed E-state index contributed by atoms with van der Waals surface area (Å²) in [5.74, 6) is 2.48. The summed E-state index contributed by atoms with van der Waals surface area (Å²) in [6, 6.07) is 58.1. The van der Waals surface area contributed by atoms with E-state index in [0.29, 0.717) is 23.4 Å². The molecule has 3 heterocycles. The van der Waals surface area contributed by atoms with Crippen molar-refractivity contribution in [1.29, 1.82) is 0 Å². The first kappa shape index (κ1) is 30.1. The van der Waals surface area contributed by atoms with Gasteiger partial charge >= 0.3 is 0 Å². The van der Waals surface area contributed by atoms with Gasteiger partial charge in [-0.05, 0) is 46.5 Å². The zero-order chi connectivity index (χ0) is 34.4. The molecule has 10 rings (SSSR count). The van der Waals surface area contributed by atoms with Crippen molar-refractivity contribution in [3.63, 3.8) is 0 Å². The maximum atomic E-state index is 6.47. The number of thiophene rings is 1. The molecular formula is C46H28N4OS. The van der Waals surface area contributed by atoms with Gasteiger partial charge in [-0.25, -0.2) is 19.9 Å². The fourth-order valence-corrected chi connectivity index (χ4v) is 8.25. The lowest BCUT2D eigenvalue weighted by Crippen LogP contribution is -2.00. The monoisotopic (exact) mass is 684 g/mol. The highest BCUT2D eigenvalue weighted by atomic mass is 32.1. The van der Waals surface area contributed by atoms with E-state index in [1.165, 1.54) is 0 Å². The van der Waals surface area contributed by atoms with Crippen LogP contribution in [0.1, 0.15) is 0 Å². The van der Waals surface area contributed by atoms with E-state index in [1.54, 1.807) is 11.3 Å². The molecule has 0 unspecified atom stereocenters. The number of nitrogens with zero attached hydrogens (tertiary/aromatic N) is 4. The standard InChI is InChI=1S/C46H28N4OS/c1-4-14-29(15-5-1)32-20-12-21-33(28-32)44-48-43(31-18-8-3-9-19-31)49-45(50-44)37-23-13-22-35-36-27-26-34(30-16-6-2-7-17-30)40(42(36)52-41(35)37)46-47-38-24-10-11-25-39(38)51-46/h1-28H. The van der Waals surface area contributed by atoms with Gasteiger partial charge in [-0.15, -0.1) is 11.3 Å². The minimum Gasteiger partial charge on any atom is -0.436 e. The Morgan fingerprint density at radius 3 is 1.75 bits per heavy atom. The van der Waals surface area contributed by atoms with E-state index in [1.807, 2.05) is 66.7 Å². The van der Waals surface area contributed by atoms with Gasteiger partial charge in [0.15, 0.2) is 23.1 Å². The second-order valence-electron chi connectivity index (χ2n) is 12.6. The molecule has 0 aliphatic carbocycles. The molecule has 244 valence electrons. The van der Waals surface area contributed by atoms with Crippen molar-refractivity contribution in [2.45, 2.75) is 0 Å².